The van der Waals surface area contributed by atoms with E-state index < -0.39 is 15.9 Å². The molecule has 7 nitrogen and oxygen atoms in total. The highest BCUT2D eigenvalue weighted by Gasteiger charge is 2.18. The molecule has 1 amide bonds. The van der Waals surface area contributed by atoms with Gasteiger partial charge in [0.25, 0.3) is 15.9 Å². The molecular formula is C22H22N2O5S. The van der Waals surface area contributed by atoms with Gasteiger partial charge in [0.2, 0.25) is 0 Å². The summed E-state index contributed by atoms with van der Waals surface area (Å²) in [5.74, 6) is 0.354. The van der Waals surface area contributed by atoms with Crippen LogP contribution in [0.25, 0.3) is 0 Å². The molecule has 0 saturated carbocycles. The van der Waals surface area contributed by atoms with Gasteiger partial charge in [-0.1, -0.05) is 18.2 Å². The van der Waals surface area contributed by atoms with Crippen molar-refractivity contribution in [2.45, 2.75) is 11.8 Å². The van der Waals surface area contributed by atoms with E-state index in [1.54, 1.807) is 36.4 Å². The van der Waals surface area contributed by atoms with Crippen molar-refractivity contribution < 1.29 is 22.7 Å². The van der Waals surface area contributed by atoms with Crippen molar-refractivity contribution in [2.75, 3.05) is 24.3 Å². The minimum Gasteiger partial charge on any atom is -0.493 e. The smallest absolute Gasteiger partial charge is 0.261 e. The average molecular weight is 426 g/mol. The Morgan fingerprint density at radius 1 is 0.867 bits per heavy atom. The molecule has 0 saturated heterocycles. The summed E-state index contributed by atoms with van der Waals surface area (Å²) in [5, 5.41) is 2.73. The highest BCUT2D eigenvalue weighted by molar-refractivity contribution is 7.92. The number of methoxy groups -OCH3 is 2. The normalized spacial score (nSPS) is 10.9. The Morgan fingerprint density at radius 2 is 1.57 bits per heavy atom. The molecule has 156 valence electrons. The van der Waals surface area contributed by atoms with E-state index in [1.165, 1.54) is 38.5 Å². The number of amides is 1. The van der Waals surface area contributed by atoms with E-state index in [0.717, 1.165) is 5.56 Å². The molecule has 0 aliphatic carbocycles. The number of aryl methyl sites for hydroxylation is 1. The number of nitrogens with one attached hydrogen (secondary N) is 2. The van der Waals surface area contributed by atoms with Gasteiger partial charge in [0.1, 0.15) is 0 Å². The largest absolute Gasteiger partial charge is 0.493 e. The number of carbonyl (C=O) groups is 1. The third kappa shape index (κ3) is 4.72. The standard InChI is InChI=1S/C22H22N2O5S/c1-15-6-4-7-17(14-15)24-30(26,27)18-12-10-16(11-13-18)23-22(25)19-8-5-9-20(28-2)21(19)29-3/h4-14,24H,1-3H3,(H,23,25). The van der Waals surface area contributed by atoms with E-state index in [2.05, 4.69) is 10.0 Å². The van der Waals surface area contributed by atoms with Gasteiger partial charge in [-0.05, 0) is 61.0 Å². The molecule has 30 heavy (non-hydrogen) atoms. The van der Waals surface area contributed by atoms with Crippen molar-refractivity contribution >= 4 is 27.3 Å². The van der Waals surface area contributed by atoms with Crippen LogP contribution in [-0.2, 0) is 10.0 Å². The quantitative estimate of drug-likeness (QED) is 0.594. The fourth-order valence-corrected chi connectivity index (χ4v) is 3.95. The van der Waals surface area contributed by atoms with Gasteiger partial charge in [-0.2, -0.15) is 0 Å². The molecule has 8 heteroatoms. The van der Waals surface area contributed by atoms with E-state index in [9.17, 15) is 13.2 Å². The molecule has 3 aromatic rings. The Balaban J connectivity index is 1.77. The lowest BCUT2D eigenvalue weighted by molar-refractivity contribution is 0.102. The summed E-state index contributed by atoms with van der Waals surface area (Å²) in [4.78, 5) is 12.7. The molecule has 0 spiro atoms. The topological polar surface area (TPSA) is 93.7 Å². The van der Waals surface area contributed by atoms with Gasteiger partial charge >= 0.3 is 0 Å². The number of rotatable bonds is 7. The van der Waals surface area contributed by atoms with Crippen LogP contribution in [0.2, 0.25) is 0 Å². The Bertz CT molecular complexity index is 1160. The van der Waals surface area contributed by atoms with E-state index in [0.29, 0.717) is 28.4 Å². The Morgan fingerprint density at radius 3 is 2.20 bits per heavy atom. The van der Waals surface area contributed by atoms with Gasteiger partial charge in [0.05, 0.1) is 24.7 Å². The molecule has 0 unspecified atom stereocenters. The first-order valence-corrected chi connectivity index (χ1v) is 10.5. The van der Waals surface area contributed by atoms with E-state index in [1.807, 2.05) is 13.0 Å². The number of sulfonamides is 1. The molecule has 2 N–H and O–H groups in total. The minimum absolute atomic E-state index is 0.0842. The summed E-state index contributed by atoms with van der Waals surface area (Å²) in [6.07, 6.45) is 0. The summed E-state index contributed by atoms with van der Waals surface area (Å²) in [6, 6.07) is 18.0. The average Bonchev–Trinajstić information content (AvgIpc) is 2.73. The number of anilines is 2. The molecule has 0 aliphatic rings. The van der Waals surface area contributed by atoms with Crippen LogP contribution in [0.1, 0.15) is 15.9 Å². The summed E-state index contributed by atoms with van der Waals surface area (Å²) >= 11 is 0. The second-order valence-corrected chi connectivity index (χ2v) is 8.18. The molecule has 3 rings (SSSR count). The maximum absolute atomic E-state index is 12.6. The highest BCUT2D eigenvalue weighted by Crippen LogP contribution is 2.31. The van der Waals surface area contributed by atoms with Crippen molar-refractivity contribution in [1.29, 1.82) is 0 Å². The first kappa shape index (κ1) is 21.2. The SMILES string of the molecule is COc1cccc(C(=O)Nc2ccc(S(=O)(=O)Nc3cccc(C)c3)cc2)c1OC. The number of hydrogen-bond donors (Lipinski definition) is 2. The fourth-order valence-electron chi connectivity index (χ4n) is 2.90. The minimum atomic E-state index is -3.75. The zero-order chi connectivity index (χ0) is 21.7. The molecule has 0 atom stereocenters. The second kappa shape index (κ2) is 8.87. The summed E-state index contributed by atoms with van der Waals surface area (Å²) in [6.45, 7) is 1.88. The van der Waals surface area contributed by atoms with Crippen LogP contribution in [0.15, 0.2) is 71.6 Å². The fraction of sp³-hybridized carbons (Fsp3) is 0.136. The van der Waals surface area contributed by atoms with Gasteiger partial charge in [-0.15, -0.1) is 0 Å². The van der Waals surface area contributed by atoms with Crippen LogP contribution >= 0.6 is 0 Å². The van der Waals surface area contributed by atoms with Crippen LogP contribution in [0.5, 0.6) is 11.5 Å². The predicted molar refractivity (Wildman–Crippen MR) is 116 cm³/mol. The van der Waals surface area contributed by atoms with E-state index in [4.69, 9.17) is 9.47 Å². The lowest BCUT2D eigenvalue weighted by Gasteiger charge is -2.13. The van der Waals surface area contributed by atoms with Crippen molar-refractivity contribution in [3.63, 3.8) is 0 Å². The molecule has 3 aromatic carbocycles. The first-order chi connectivity index (χ1) is 14.3. The molecule has 0 radical (unpaired) electrons. The Hall–Kier alpha value is -3.52. The van der Waals surface area contributed by atoms with Crippen molar-refractivity contribution in [3.8, 4) is 11.5 Å². The zero-order valence-corrected chi connectivity index (χ0v) is 17.6. The number of ether oxygens (including phenoxy) is 2. The Kier molecular flexibility index (Phi) is 6.27. The third-order valence-corrected chi connectivity index (χ3v) is 5.74. The third-order valence-electron chi connectivity index (χ3n) is 4.34. The number of para-hydroxylation sites is 1. The first-order valence-electron chi connectivity index (χ1n) is 9.06. The van der Waals surface area contributed by atoms with Crippen molar-refractivity contribution in [1.82, 2.24) is 0 Å². The van der Waals surface area contributed by atoms with Crippen molar-refractivity contribution in [3.05, 3.63) is 77.9 Å². The highest BCUT2D eigenvalue weighted by atomic mass is 32.2. The summed E-state index contributed by atoms with van der Waals surface area (Å²) in [7, 11) is -0.803. The number of hydrogen-bond acceptors (Lipinski definition) is 5. The number of carbonyl (C=O) groups excluding carboxylic acids is 1. The number of benzene rings is 3. The van der Waals surface area contributed by atoms with Crippen LogP contribution < -0.4 is 19.5 Å². The maximum Gasteiger partial charge on any atom is 0.261 e. The van der Waals surface area contributed by atoms with E-state index >= 15 is 0 Å². The van der Waals surface area contributed by atoms with Gasteiger partial charge in [-0.3, -0.25) is 9.52 Å². The lowest BCUT2D eigenvalue weighted by Crippen LogP contribution is -2.15. The second-order valence-electron chi connectivity index (χ2n) is 6.49. The van der Waals surface area contributed by atoms with Gasteiger partial charge < -0.3 is 14.8 Å². The van der Waals surface area contributed by atoms with Crippen LogP contribution in [0.3, 0.4) is 0 Å². The van der Waals surface area contributed by atoms with Crippen LogP contribution in [0.4, 0.5) is 11.4 Å². The molecular weight excluding hydrogens is 404 g/mol. The summed E-state index contributed by atoms with van der Waals surface area (Å²) in [5.41, 5.74) is 2.17. The lowest BCUT2D eigenvalue weighted by atomic mass is 10.1. The van der Waals surface area contributed by atoms with Crippen LogP contribution in [-0.4, -0.2) is 28.5 Å². The molecule has 0 aromatic heterocycles. The molecule has 0 heterocycles. The van der Waals surface area contributed by atoms with Gasteiger partial charge in [0.15, 0.2) is 11.5 Å². The summed E-state index contributed by atoms with van der Waals surface area (Å²) < 4.78 is 38.2. The van der Waals surface area contributed by atoms with E-state index in [-0.39, 0.29) is 4.90 Å². The van der Waals surface area contributed by atoms with Crippen LogP contribution in [0, 0.1) is 6.92 Å². The van der Waals surface area contributed by atoms with Crippen molar-refractivity contribution in [2.24, 2.45) is 0 Å². The predicted octanol–water partition coefficient (Wildman–Crippen LogP) is 4.07. The maximum atomic E-state index is 12.6. The zero-order valence-electron chi connectivity index (χ0n) is 16.8. The Labute approximate surface area is 175 Å². The monoisotopic (exact) mass is 426 g/mol. The molecule has 0 fully saturated rings. The van der Waals surface area contributed by atoms with Gasteiger partial charge in [0, 0.05) is 11.4 Å². The van der Waals surface area contributed by atoms with Gasteiger partial charge in [-0.25, -0.2) is 8.42 Å². The molecule has 0 bridgehead atoms. The molecule has 0 aliphatic heterocycles.